The van der Waals surface area contributed by atoms with Gasteiger partial charge in [-0.3, -0.25) is 19.2 Å². The fourth-order valence-corrected chi connectivity index (χ4v) is 14.5. The van der Waals surface area contributed by atoms with Crippen molar-refractivity contribution in [3.05, 3.63) is 11.6 Å². The molecule has 29 heteroatoms. The number of hydrogen-bond donors (Lipinski definition) is 19. The van der Waals surface area contributed by atoms with Gasteiger partial charge >= 0.3 is 0 Å². The van der Waals surface area contributed by atoms with Crippen LogP contribution in [0.15, 0.2) is 11.6 Å². The summed E-state index contributed by atoms with van der Waals surface area (Å²) in [6.45, 7) is 9.13. The van der Waals surface area contributed by atoms with Crippen LogP contribution in [-0.2, 0) is 47.6 Å². The van der Waals surface area contributed by atoms with Crippen LogP contribution in [0.4, 0.5) is 0 Å². The van der Waals surface area contributed by atoms with Crippen LogP contribution < -0.4 is 0 Å². The summed E-state index contributed by atoms with van der Waals surface area (Å²) in [5.41, 5.74) is -1.25. The molecule has 4 aliphatic carbocycles. The van der Waals surface area contributed by atoms with E-state index in [1.54, 1.807) is 0 Å². The highest BCUT2D eigenvalue weighted by atomic mass is 16.7. The number of ether oxygens (including phenoxy) is 6. The molecule has 1 heterocycles. The molecule has 5 aliphatic rings. The number of fused-ring (bicyclic) bond motifs is 5. The smallest absolute Gasteiger partial charge is 0.219 e. The molecule has 19 N–H and O–H groups in total. The minimum atomic E-state index is -2.77. The molecule has 498 valence electrons. The molecule has 86 heavy (non-hydrogen) atoms. The molecule has 1 saturated heterocycles. The zero-order chi connectivity index (χ0) is 64.7. The number of carbonyl (C=O) groups is 4. The molecule has 4 fully saturated rings. The van der Waals surface area contributed by atoms with Crippen LogP contribution in [0.3, 0.4) is 0 Å². The molecule has 0 aromatic rings. The Kier molecular flexibility index (Phi) is 26.9. The van der Waals surface area contributed by atoms with E-state index in [1.165, 1.54) is 0 Å². The second kappa shape index (κ2) is 31.2. The van der Waals surface area contributed by atoms with Crippen LogP contribution in [0.1, 0.15) is 119 Å². The van der Waals surface area contributed by atoms with Gasteiger partial charge in [-0.1, -0.05) is 53.2 Å². The van der Waals surface area contributed by atoms with Crippen molar-refractivity contribution in [2.24, 2.45) is 45.3 Å². The van der Waals surface area contributed by atoms with E-state index in [9.17, 15) is 106 Å². The maximum atomic E-state index is 13.6. The van der Waals surface area contributed by atoms with E-state index < -0.39 is 221 Å². The molecule has 27 unspecified atom stereocenters. The van der Waals surface area contributed by atoms with E-state index in [0.717, 1.165) is 18.4 Å². The predicted octanol–water partition coefficient (Wildman–Crippen LogP) is -5.46. The SMILES string of the molecule is CC(CCC(O)OC(O)C(OC(O)C(=O)C(O)C(O)CCO)C(=O)C(O)CCOC(O)C(=O)C(O)C(O)CCO)C1CCC2(C)C3CC=C4C(CCC(OC(O)C(=O)C(O)C(O)CCOC5OC(CO)C(O)C(O)C5O)C4(C)C)C3(C)C(O)CC12C. The summed E-state index contributed by atoms with van der Waals surface area (Å²) in [5.74, 6) is -6.13. The normalized spacial score (nSPS) is 35.8. The minimum Gasteiger partial charge on any atom is -0.396 e. The molecular weight excluding hydrogens is 1150 g/mol. The van der Waals surface area contributed by atoms with Gasteiger partial charge in [0.15, 0.2) is 30.8 Å². The number of allylic oxidation sites excluding steroid dienone is 1. The van der Waals surface area contributed by atoms with Crippen molar-refractivity contribution >= 4 is 23.1 Å². The zero-order valence-corrected chi connectivity index (χ0v) is 49.5. The molecule has 0 amide bonds. The van der Waals surface area contributed by atoms with Crippen LogP contribution >= 0.6 is 0 Å². The first kappa shape index (κ1) is 74.2. The van der Waals surface area contributed by atoms with Crippen molar-refractivity contribution in [3.63, 3.8) is 0 Å². The summed E-state index contributed by atoms with van der Waals surface area (Å²) in [6, 6.07) is 0. The number of ketones is 4. The number of rotatable bonds is 35. The van der Waals surface area contributed by atoms with E-state index in [4.69, 9.17) is 38.6 Å². The predicted molar refractivity (Wildman–Crippen MR) is 290 cm³/mol. The lowest BCUT2D eigenvalue weighted by molar-refractivity contribution is -0.302. The first-order chi connectivity index (χ1) is 40.1. The average molecular weight is 1250 g/mol. The standard InChI is InChI=1S/C57H96O29/c1-25(7-12-37(66)85-52(80)48(86-51(79)46(75)39(68)30(62)15-20-59)41(70)32(64)16-21-81-49(77)44(73)38(67)29(61)14-19-58)26-13-18-55(4)34-10-8-27-28(57(34,6)35(65)23-56(26,55)5)9-11-36(54(27,2)3)84-50(78)45(74)40(69)31(63)17-22-82-53-47(76)43(72)42(71)33(24-60)83-53/h8,25-26,28-40,42-43,47-53,58-69,71-72,76-80H,7,9-24H2,1-6H3. The molecule has 0 aromatic heterocycles. The number of carbonyl (C=O) groups excluding carboxylic acids is 4. The monoisotopic (exact) mass is 1240 g/mol. The lowest BCUT2D eigenvalue weighted by atomic mass is 9.38. The topological polar surface area (TPSA) is 508 Å². The summed E-state index contributed by atoms with van der Waals surface area (Å²) in [5, 5.41) is 197. The Bertz CT molecular complexity index is 2240. The number of aliphatic hydroxyl groups is 19. The van der Waals surface area contributed by atoms with E-state index in [-0.39, 0.29) is 41.9 Å². The lowest BCUT2D eigenvalue weighted by Gasteiger charge is -2.67. The lowest BCUT2D eigenvalue weighted by Crippen LogP contribution is -2.64. The minimum absolute atomic E-state index is 0.0240. The third-order valence-corrected chi connectivity index (χ3v) is 20.0. The Morgan fingerprint density at radius 3 is 1.78 bits per heavy atom. The number of Topliss-reactive ketones (excluding diaryl/α,β-unsaturated/α-hetero) is 4. The Hall–Kier alpha value is -2.58. The number of aliphatic hydroxyl groups excluding tert-OH is 19. The molecule has 1 aliphatic heterocycles. The summed E-state index contributed by atoms with van der Waals surface area (Å²) in [6.07, 6.45) is -34.4. The number of hydrogen-bond acceptors (Lipinski definition) is 29. The van der Waals surface area contributed by atoms with Crippen LogP contribution in [0.5, 0.6) is 0 Å². The maximum absolute atomic E-state index is 13.6. The molecule has 3 saturated carbocycles. The summed E-state index contributed by atoms with van der Waals surface area (Å²) in [7, 11) is 0. The van der Waals surface area contributed by atoms with Crippen molar-refractivity contribution < 1.29 is 145 Å². The molecule has 27 atom stereocenters. The summed E-state index contributed by atoms with van der Waals surface area (Å²) >= 11 is 0. The molecule has 0 radical (unpaired) electrons. The van der Waals surface area contributed by atoms with Gasteiger partial charge in [-0.25, -0.2) is 0 Å². The second-order valence-corrected chi connectivity index (χ2v) is 25.3. The van der Waals surface area contributed by atoms with Gasteiger partial charge in [-0.15, -0.1) is 0 Å². The van der Waals surface area contributed by atoms with Gasteiger partial charge in [0.05, 0.1) is 50.3 Å². The van der Waals surface area contributed by atoms with Crippen molar-refractivity contribution in [2.45, 2.75) is 242 Å². The maximum Gasteiger partial charge on any atom is 0.219 e. The Labute approximate surface area is 498 Å². The van der Waals surface area contributed by atoms with Crippen molar-refractivity contribution in [1.82, 2.24) is 0 Å². The molecule has 29 nitrogen and oxygen atoms in total. The van der Waals surface area contributed by atoms with Crippen molar-refractivity contribution in [1.29, 1.82) is 0 Å². The fraction of sp³-hybridized carbons (Fsp3) is 0.895. The second-order valence-electron chi connectivity index (χ2n) is 25.3. The van der Waals surface area contributed by atoms with E-state index >= 15 is 0 Å². The van der Waals surface area contributed by atoms with E-state index in [0.29, 0.717) is 25.7 Å². The van der Waals surface area contributed by atoms with E-state index in [2.05, 4.69) is 26.8 Å². The largest absolute Gasteiger partial charge is 0.396 e. The van der Waals surface area contributed by atoms with Crippen LogP contribution in [-0.4, -0.2) is 276 Å². The van der Waals surface area contributed by atoms with Gasteiger partial charge in [-0.05, 0) is 105 Å². The van der Waals surface area contributed by atoms with Gasteiger partial charge in [0.1, 0.15) is 48.8 Å². The first-order valence-corrected chi connectivity index (χ1v) is 29.5. The molecule has 0 spiro atoms. The van der Waals surface area contributed by atoms with Gasteiger partial charge in [0, 0.05) is 30.5 Å². The quantitative estimate of drug-likeness (QED) is 0.0208. The summed E-state index contributed by atoms with van der Waals surface area (Å²) < 4.78 is 31.9. The third kappa shape index (κ3) is 15.8. The fourth-order valence-electron chi connectivity index (χ4n) is 14.5. The van der Waals surface area contributed by atoms with Crippen LogP contribution in [0, 0.1) is 45.3 Å². The van der Waals surface area contributed by atoms with Crippen molar-refractivity contribution in [2.75, 3.05) is 33.0 Å². The third-order valence-electron chi connectivity index (χ3n) is 20.0. The molecule has 0 aromatic carbocycles. The Morgan fingerprint density at radius 1 is 0.628 bits per heavy atom. The highest BCUT2D eigenvalue weighted by Crippen LogP contribution is 2.75. The van der Waals surface area contributed by atoms with Gasteiger partial charge in [-0.2, -0.15) is 0 Å². The summed E-state index contributed by atoms with van der Waals surface area (Å²) in [4.78, 5) is 51.9. The van der Waals surface area contributed by atoms with Gasteiger partial charge in [0.2, 0.25) is 36.2 Å². The van der Waals surface area contributed by atoms with E-state index in [1.807, 2.05) is 20.8 Å². The molecule has 0 bridgehead atoms. The molecular formula is C57H96O29. The van der Waals surface area contributed by atoms with Gasteiger partial charge in [0.25, 0.3) is 0 Å². The zero-order valence-electron chi connectivity index (χ0n) is 49.5. The Balaban J connectivity index is 1.21. The van der Waals surface area contributed by atoms with Crippen LogP contribution in [0.2, 0.25) is 0 Å². The average Bonchev–Trinajstić information content (AvgIpc) is 1.26. The molecule has 5 rings (SSSR count). The Morgan fingerprint density at radius 2 is 1.20 bits per heavy atom. The van der Waals surface area contributed by atoms with Gasteiger partial charge < -0.3 is 125 Å². The highest BCUT2D eigenvalue weighted by Gasteiger charge is 2.70. The highest BCUT2D eigenvalue weighted by molar-refractivity contribution is 5.90. The van der Waals surface area contributed by atoms with Crippen molar-refractivity contribution in [3.8, 4) is 0 Å². The first-order valence-electron chi connectivity index (χ1n) is 29.5. The van der Waals surface area contributed by atoms with Crippen LogP contribution in [0.25, 0.3) is 0 Å².